The number of thioether (sulfide) groups is 1. The van der Waals surface area contributed by atoms with Crippen LogP contribution in [0.3, 0.4) is 0 Å². The van der Waals surface area contributed by atoms with Crippen molar-refractivity contribution in [1.82, 2.24) is 10.2 Å². The molecule has 0 bridgehead atoms. The highest BCUT2D eigenvalue weighted by Crippen LogP contribution is 2.20. The second-order valence-corrected chi connectivity index (χ2v) is 6.85. The van der Waals surface area contributed by atoms with Crippen LogP contribution in [0.25, 0.3) is 0 Å². The molecule has 0 aromatic heterocycles. The Morgan fingerprint density at radius 3 is 2.50 bits per heavy atom. The van der Waals surface area contributed by atoms with Gasteiger partial charge in [0.25, 0.3) is 0 Å². The number of aryl methyl sites for hydroxylation is 1. The van der Waals surface area contributed by atoms with E-state index in [1.54, 1.807) is 0 Å². The number of benzene rings is 1. The van der Waals surface area contributed by atoms with Crippen molar-refractivity contribution in [3.05, 3.63) is 29.8 Å². The Hall–Kier alpha value is -0.510. The van der Waals surface area contributed by atoms with Gasteiger partial charge in [0, 0.05) is 23.2 Å². The third-order valence-corrected chi connectivity index (χ3v) is 5.00. The maximum atomic E-state index is 3.47. The maximum absolute atomic E-state index is 3.47. The van der Waals surface area contributed by atoms with Crippen LogP contribution in [0.5, 0.6) is 0 Å². The van der Waals surface area contributed by atoms with E-state index in [-0.39, 0.29) is 0 Å². The molecule has 0 aliphatic carbocycles. The van der Waals surface area contributed by atoms with Crippen molar-refractivity contribution < 1.29 is 0 Å². The molecule has 112 valence electrons. The predicted molar refractivity (Wildman–Crippen MR) is 89.7 cm³/mol. The smallest absolute Gasteiger partial charge is 0.0120 e. The van der Waals surface area contributed by atoms with E-state index < -0.39 is 0 Å². The summed E-state index contributed by atoms with van der Waals surface area (Å²) >= 11 is 1.99. The first-order chi connectivity index (χ1) is 9.79. The van der Waals surface area contributed by atoms with Crippen molar-refractivity contribution in [2.45, 2.75) is 44.0 Å². The summed E-state index contributed by atoms with van der Waals surface area (Å²) in [6.07, 6.45) is 3.89. The Balaban J connectivity index is 1.77. The fraction of sp³-hybridized carbons (Fsp3) is 0.647. The Morgan fingerprint density at radius 1 is 1.15 bits per heavy atom. The summed E-state index contributed by atoms with van der Waals surface area (Å²) in [5.41, 5.74) is 1.34. The quantitative estimate of drug-likeness (QED) is 0.774. The number of hydrogen-bond acceptors (Lipinski definition) is 3. The molecule has 1 saturated heterocycles. The van der Waals surface area contributed by atoms with Crippen molar-refractivity contribution in [1.29, 1.82) is 0 Å². The van der Waals surface area contributed by atoms with Crippen LogP contribution in [0.2, 0.25) is 0 Å². The first-order valence-corrected chi connectivity index (χ1v) is 8.92. The lowest BCUT2D eigenvalue weighted by Gasteiger charge is -2.34. The third-order valence-electron chi connectivity index (χ3n) is 4.00. The van der Waals surface area contributed by atoms with E-state index in [1.807, 2.05) is 11.8 Å². The monoisotopic (exact) mass is 292 g/mol. The zero-order valence-corrected chi connectivity index (χ0v) is 13.7. The third kappa shape index (κ3) is 5.12. The molecule has 0 atom stereocenters. The fourth-order valence-electron chi connectivity index (χ4n) is 2.85. The van der Waals surface area contributed by atoms with Crippen LogP contribution in [0.1, 0.15) is 31.7 Å². The zero-order valence-electron chi connectivity index (χ0n) is 12.9. The summed E-state index contributed by atoms with van der Waals surface area (Å²) in [5, 5.41) is 3.47. The van der Waals surface area contributed by atoms with Gasteiger partial charge in [-0.1, -0.05) is 24.6 Å². The van der Waals surface area contributed by atoms with E-state index in [0.29, 0.717) is 0 Å². The van der Waals surface area contributed by atoms with Gasteiger partial charge in [-0.15, -0.1) is 11.8 Å². The maximum Gasteiger partial charge on any atom is 0.0120 e. The molecule has 1 N–H and O–H groups in total. The lowest BCUT2D eigenvalue weighted by atomic mass is 10.0. The summed E-state index contributed by atoms with van der Waals surface area (Å²) < 4.78 is 0. The highest BCUT2D eigenvalue weighted by atomic mass is 32.2. The molecule has 2 rings (SSSR count). The van der Waals surface area contributed by atoms with E-state index in [1.165, 1.54) is 61.7 Å². The van der Waals surface area contributed by atoms with Crippen LogP contribution in [0.15, 0.2) is 29.2 Å². The lowest BCUT2D eigenvalue weighted by molar-refractivity contribution is 0.172. The van der Waals surface area contributed by atoms with E-state index in [2.05, 4.69) is 48.3 Å². The predicted octanol–water partition coefficient (Wildman–Crippen LogP) is 3.55. The van der Waals surface area contributed by atoms with Gasteiger partial charge in [0.05, 0.1) is 0 Å². The Morgan fingerprint density at radius 2 is 1.85 bits per heavy atom. The molecule has 1 heterocycles. The number of nitrogens with one attached hydrogen (secondary N) is 1. The number of rotatable bonds is 7. The molecule has 1 aliphatic rings. The van der Waals surface area contributed by atoms with E-state index in [9.17, 15) is 0 Å². The van der Waals surface area contributed by atoms with Gasteiger partial charge in [0.15, 0.2) is 0 Å². The molecule has 1 aliphatic heterocycles. The van der Waals surface area contributed by atoms with Crippen LogP contribution in [0, 0.1) is 6.92 Å². The van der Waals surface area contributed by atoms with E-state index in [4.69, 9.17) is 0 Å². The standard InChI is InChI=1S/C17H28N2S/c1-3-12-19(16-8-10-18-11-9-16)13-14-20-17-6-4-15(2)5-7-17/h4-7,16,18H,3,8-14H2,1-2H3. The van der Waals surface area contributed by atoms with Crippen molar-refractivity contribution in [2.24, 2.45) is 0 Å². The second-order valence-electron chi connectivity index (χ2n) is 5.68. The molecule has 3 heteroatoms. The normalized spacial score (nSPS) is 16.8. The minimum absolute atomic E-state index is 0.801. The van der Waals surface area contributed by atoms with Gasteiger partial charge in [-0.05, 0) is 58.0 Å². The molecule has 0 amide bonds. The average molecular weight is 292 g/mol. The van der Waals surface area contributed by atoms with Crippen LogP contribution in [-0.2, 0) is 0 Å². The van der Waals surface area contributed by atoms with Gasteiger partial charge in [-0.3, -0.25) is 4.90 Å². The van der Waals surface area contributed by atoms with Crippen LogP contribution >= 0.6 is 11.8 Å². The Labute approximate surface area is 128 Å². The molecule has 1 aromatic rings. The zero-order chi connectivity index (χ0) is 14.2. The summed E-state index contributed by atoms with van der Waals surface area (Å²) in [6, 6.07) is 9.70. The first-order valence-electron chi connectivity index (χ1n) is 7.94. The van der Waals surface area contributed by atoms with Crippen molar-refractivity contribution in [2.75, 3.05) is 31.9 Å². The first kappa shape index (κ1) is 15.9. The average Bonchev–Trinajstić information content (AvgIpc) is 2.49. The summed E-state index contributed by atoms with van der Waals surface area (Å²) in [7, 11) is 0. The lowest BCUT2D eigenvalue weighted by Crippen LogP contribution is -2.44. The molecule has 0 radical (unpaired) electrons. The molecule has 2 nitrogen and oxygen atoms in total. The molecular formula is C17H28N2S. The molecule has 0 spiro atoms. The summed E-state index contributed by atoms with van der Waals surface area (Å²) in [5.74, 6) is 1.20. The molecule has 1 aromatic carbocycles. The van der Waals surface area contributed by atoms with Crippen LogP contribution in [-0.4, -0.2) is 42.9 Å². The highest BCUT2D eigenvalue weighted by Gasteiger charge is 2.19. The topological polar surface area (TPSA) is 15.3 Å². The summed E-state index contributed by atoms with van der Waals surface area (Å²) in [4.78, 5) is 4.11. The van der Waals surface area contributed by atoms with E-state index in [0.717, 1.165) is 6.04 Å². The fourth-order valence-corrected chi connectivity index (χ4v) is 3.74. The van der Waals surface area contributed by atoms with Crippen LogP contribution < -0.4 is 5.32 Å². The van der Waals surface area contributed by atoms with Gasteiger partial charge in [-0.25, -0.2) is 0 Å². The van der Waals surface area contributed by atoms with Crippen molar-refractivity contribution >= 4 is 11.8 Å². The highest BCUT2D eigenvalue weighted by molar-refractivity contribution is 7.99. The SMILES string of the molecule is CCCN(CCSc1ccc(C)cc1)C1CCNCC1. The minimum atomic E-state index is 0.801. The number of hydrogen-bond donors (Lipinski definition) is 1. The Kier molecular flexibility index (Phi) is 6.91. The summed E-state index contributed by atoms with van der Waals surface area (Å²) in [6.45, 7) is 9.29. The van der Waals surface area contributed by atoms with Gasteiger partial charge in [-0.2, -0.15) is 0 Å². The molecular weight excluding hydrogens is 264 g/mol. The molecule has 20 heavy (non-hydrogen) atoms. The largest absolute Gasteiger partial charge is 0.317 e. The van der Waals surface area contributed by atoms with Gasteiger partial charge < -0.3 is 5.32 Å². The molecule has 1 fully saturated rings. The Bertz CT molecular complexity index is 371. The number of nitrogens with zero attached hydrogens (tertiary/aromatic N) is 1. The second kappa shape index (κ2) is 8.71. The van der Waals surface area contributed by atoms with Crippen molar-refractivity contribution in [3.8, 4) is 0 Å². The van der Waals surface area contributed by atoms with Gasteiger partial charge in [0.2, 0.25) is 0 Å². The van der Waals surface area contributed by atoms with Crippen LogP contribution in [0.4, 0.5) is 0 Å². The molecule has 0 saturated carbocycles. The van der Waals surface area contributed by atoms with Crippen molar-refractivity contribution in [3.63, 3.8) is 0 Å². The molecule has 0 unspecified atom stereocenters. The van der Waals surface area contributed by atoms with Gasteiger partial charge >= 0.3 is 0 Å². The van der Waals surface area contributed by atoms with Gasteiger partial charge in [0.1, 0.15) is 0 Å². The minimum Gasteiger partial charge on any atom is -0.317 e. The number of piperidine rings is 1. The van der Waals surface area contributed by atoms with E-state index >= 15 is 0 Å².